The highest BCUT2D eigenvalue weighted by atomic mass is 32.2. The van der Waals surface area contributed by atoms with E-state index in [1.165, 1.54) is 17.9 Å². The number of H-pyrrole nitrogens is 1. The average molecular weight is 568 g/mol. The molecule has 2 aromatic carbocycles. The molecule has 1 N–H and O–H groups in total. The van der Waals surface area contributed by atoms with Crippen LogP contribution >= 0.6 is 0 Å². The highest BCUT2D eigenvalue weighted by molar-refractivity contribution is 7.88. The first kappa shape index (κ1) is 27.2. The molecule has 1 unspecified atom stereocenters. The Morgan fingerprint density at radius 3 is 2.67 bits per heavy atom. The van der Waals surface area contributed by atoms with E-state index in [0.717, 1.165) is 64.0 Å². The van der Waals surface area contributed by atoms with Gasteiger partial charge >= 0.3 is 0 Å². The molecular weight excluding hydrogens is 532 g/mol. The molecule has 10 heteroatoms. The Balaban J connectivity index is 1.17. The molecule has 6 rings (SSSR count). The molecule has 1 aromatic heterocycles. The van der Waals surface area contributed by atoms with Crippen LogP contribution in [0.15, 0.2) is 36.4 Å². The highest BCUT2D eigenvalue weighted by Gasteiger charge is 2.58. The molecular formula is C30H35F2N5O2S. The minimum atomic E-state index is -3.14. The lowest BCUT2D eigenvalue weighted by molar-refractivity contribution is 0.260. The summed E-state index contributed by atoms with van der Waals surface area (Å²) < 4.78 is 53.2. The van der Waals surface area contributed by atoms with Gasteiger partial charge in [0.05, 0.1) is 28.9 Å². The van der Waals surface area contributed by atoms with Gasteiger partial charge in [-0.3, -0.25) is 0 Å². The molecule has 1 aliphatic heterocycles. The first-order chi connectivity index (χ1) is 19.2. The number of imidazole rings is 1. The van der Waals surface area contributed by atoms with Crippen molar-refractivity contribution in [3.63, 3.8) is 0 Å². The summed E-state index contributed by atoms with van der Waals surface area (Å²) in [6.07, 6.45) is 9.05. The van der Waals surface area contributed by atoms with Crippen LogP contribution in [0.1, 0.15) is 62.5 Å². The number of nitrogens with one attached hydrogen (secondary N) is 1. The van der Waals surface area contributed by atoms with Gasteiger partial charge in [-0.25, -0.2) is 26.5 Å². The van der Waals surface area contributed by atoms with E-state index in [4.69, 9.17) is 0 Å². The average Bonchev–Trinajstić information content (AvgIpc) is 3.56. The number of piperidine rings is 1. The third-order valence-electron chi connectivity index (χ3n) is 9.56. The molecule has 3 atom stereocenters. The Morgan fingerprint density at radius 1 is 1.18 bits per heavy atom. The molecule has 2 saturated carbocycles. The Morgan fingerprint density at radius 2 is 1.95 bits per heavy atom. The van der Waals surface area contributed by atoms with Crippen molar-refractivity contribution in [3.8, 4) is 6.07 Å². The zero-order valence-electron chi connectivity index (χ0n) is 22.7. The fraction of sp³-hybridized carbons (Fsp3) is 0.533. The second kappa shape index (κ2) is 10.4. The maximum absolute atomic E-state index is 13.9. The lowest BCUT2D eigenvalue weighted by atomic mass is 9.80. The lowest BCUT2D eigenvalue weighted by Crippen LogP contribution is -2.41. The van der Waals surface area contributed by atoms with Crippen LogP contribution < -0.4 is 4.90 Å². The number of anilines is 1. The van der Waals surface area contributed by atoms with Gasteiger partial charge in [-0.15, -0.1) is 0 Å². The molecule has 0 bridgehead atoms. The third-order valence-corrected chi connectivity index (χ3v) is 10.9. The minimum Gasteiger partial charge on any atom is -0.339 e. The van der Waals surface area contributed by atoms with Crippen LogP contribution in [0.4, 0.5) is 14.7 Å². The van der Waals surface area contributed by atoms with E-state index in [1.54, 1.807) is 4.31 Å². The number of aromatic nitrogens is 2. The van der Waals surface area contributed by atoms with Crippen LogP contribution in [0.5, 0.6) is 0 Å². The molecule has 212 valence electrons. The standard InChI is InChI=1S/C30H35F2N5O2S/c1-40(38,39)36-12-8-20(9-13-36)5-3-11-37(29-34-27-16-25(31)26(32)17-28(27)35-29)24-7-10-30(18-23(30)15-24)22-6-2-4-21(14-22)19-33/h2,4,6,14,16-17,20,23-24H,3,5,7-13,15,18H2,1H3,(H,34,35)/t23?,24-,30-/m1/s1. The van der Waals surface area contributed by atoms with E-state index < -0.39 is 21.7 Å². The van der Waals surface area contributed by atoms with Crippen LogP contribution in [0.25, 0.3) is 11.0 Å². The number of sulfonamides is 1. The number of hydrogen-bond donors (Lipinski definition) is 1. The van der Waals surface area contributed by atoms with Crippen molar-refractivity contribution in [3.05, 3.63) is 59.2 Å². The van der Waals surface area contributed by atoms with Crippen molar-refractivity contribution in [2.75, 3.05) is 30.8 Å². The number of aromatic amines is 1. The quantitative estimate of drug-likeness (QED) is 0.389. The molecule has 3 aromatic rings. The first-order valence-electron chi connectivity index (χ1n) is 14.2. The first-order valence-corrected chi connectivity index (χ1v) is 16.1. The SMILES string of the molecule is CS(=O)(=O)N1CCC(CCCN(c2nc3cc(F)c(F)cc3[nH]2)[C@@H]2CC[C@]3(c4cccc(C#N)c4)CC3C2)CC1. The van der Waals surface area contributed by atoms with E-state index in [-0.39, 0.29) is 11.5 Å². The van der Waals surface area contributed by atoms with Gasteiger partial charge in [0.15, 0.2) is 11.6 Å². The fourth-order valence-electron chi connectivity index (χ4n) is 7.21. The molecule has 0 radical (unpaired) electrons. The second-order valence-electron chi connectivity index (χ2n) is 12.0. The summed E-state index contributed by atoms with van der Waals surface area (Å²) in [5.74, 6) is -0.139. The van der Waals surface area contributed by atoms with E-state index >= 15 is 0 Å². The predicted molar refractivity (Wildman–Crippen MR) is 150 cm³/mol. The van der Waals surface area contributed by atoms with Crippen LogP contribution in [0.3, 0.4) is 0 Å². The summed E-state index contributed by atoms with van der Waals surface area (Å²) in [5.41, 5.74) is 3.00. The number of hydrogen-bond acceptors (Lipinski definition) is 5. The van der Waals surface area contributed by atoms with Gasteiger partial charge in [-0.1, -0.05) is 12.1 Å². The molecule has 7 nitrogen and oxygen atoms in total. The molecule has 2 aliphatic carbocycles. The van der Waals surface area contributed by atoms with Gasteiger partial charge in [-0.05, 0) is 86.3 Å². The lowest BCUT2D eigenvalue weighted by Gasteiger charge is -2.37. The molecule has 3 aliphatic rings. The molecule has 0 amide bonds. The summed E-state index contributed by atoms with van der Waals surface area (Å²) in [6.45, 7) is 1.92. The van der Waals surface area contributed by atoms with E-state index in [0.29, 0.717) is 47.5 Å². The molecule has 40 heavy (non-hydrogen) atoms. The number of rotatable bonds is 8. The van der Waals surface area contributed by atoms with Gasteiger partial charge in [0.2, 0.25) is 16.0 Å². The Labute approximate surface area is 234 Å². The number of nitriles is 1. The van der Waals surface area contributed by atoms with E-state index in [2.05, 4.69) is 27.0 Å². The summed E-state index contributed by atoms with van der Waals surface area (Å²) in [5, 5.41) is 9.38. The van der Waals surface area contributed by atoms with Crippen molar-refractivity contribution >= 4 is 27.0 Å². The second-order valence-corrected chi connectivity index (χ2v) is 13.9. The van der Waals surface area contributed by atoms with Crippen LogP contribution in [-0.2, 0) is 15.4 Å². The molecule has 2 heterocycles. The monoisotopic (exact) mass is 567 g/mol. The van der Waals surface area contributed by atoms with Crippen LogP contribution in [0, 0.1) is 34.8 Å². The maximum Gasteiger partial charge on any atom is 0.211 e. The molecule has 0 spiro atoms. The number of halogens is 2. The van der Waals surface area contributed by atoms with E-state index in [1.807, 2.05) is 18.2 Å². The third kappa shape index (κ3) is 5.21. The summed E-state index contributed by atoms with van der Waals surface area (Å²) in [4.78, 5) is 10.2. The zero-order chi connectivity index (χ0) is 28.1. The Hall–Kier alpha value is -3.03. The van der Waals surface area contributed by atoms with Gasteiger partial charge in [0.1, 0.15) is 0 Å². The topological polar surface area (TPSA) is 93.1 Å². The minimum absolute atomic E-state index is 0.142. The number of fused-ring (bicyclic) bond motifs is 2. The summed E-state index contributed by atoms with van der Waals surface area (Å²) in [7, 11) is -3.14. The summed E-state index contributed by atoms with van der Waals surface area (Å²) in [6, 6.07) is 12.8. The van der Waals surface area contributed by atoms with Crippen molar-refractivity contribution in [2.45, 2.75) is 62.8 Å². The summed E-state index contributed by atoms with van der Waals surface area (Å²) >= 11 is 0. The van der Waals surface area contributed by atoms with Crippen molar-refractivity contribution in [1.82, 2.24) is 14.3 Å². The van der Waals surface area contributed by atoms with Crippen molar-refractivity contribution < 1.29 is 17.2 Å². The Kier molecular flexibility index (Phi) is 7.07. The van der Waals surface area contributed by atoms with Gasteiger partial charge in [0, 0.05) is 37.8 Å². The highest BCUT2D eigenvalue weighted by Crippen LogP contribution is 2.63. The number of nitrogens with zero attached hydrogens (tertiary/aromatic N) is 4. The van der Waals surface area contributed by atoms with Crippen LogP contribution in [0.2, 0.25) is 0 Å². The smallest absolute Gasteiger partial charge is 0.211 e. The van der Waals surface area contributed by atoms with Crippen LogP contribution in [-0.4, -0.2) is 54.6 Å². The van der Waals surface area contributed by atoms with E-state index in [9.17, 15) is 22.5 Å². The zero-order valence-corrected chi connectivity index (χ0v) is 23.6. The van der Waals surface area contributed by atoms with Gasteiger partial charge in [-0.2, -0.15) is 5.26 Å². The Bertz CT molecular complexity index is 1520. The van der Waals surface area contributed by atoms with Gasteiger partial charge in [0.25, 0.3) is 0 Å². The predicted octanol–water partition coefficient (Wildman–Crippen LogP) is 5.48. The largest absolute Gasteiger partial charge is 0.339 e. The fourth-order valence-corrected chi connectivity index (χ4v) is 8.09. The van der Waals surface area contributed by atoms with Crippen molar-refractivity contribution in [2.24, 2.45) is 11.8 Å². The van der Waals surface area contributed by atoms with Crippen molar-refractivity contribution in [1.29, 1.82) is 5.26 Å². The normalized spacial score (nSPS) is 25.4. The molecule has 3 fully saturated rings. The number of benzene rings is 2. The maximum atomic E-state index is 13.9. The molecule has 1 saturated heterocycles. The van der Waals surface area contributed by atoms with Gasteiger partial charge < -0.3 is 9.88 Å².